The van der Waals surface area contributed by atoms with E-state index in [1.54, 1.807) is 6.92 Å². The molecular weight excluding hydrogens is 160 g/mol. The molecule has 1 heterocycles. The third kappa shape index (κ3) is 0.991. The van der Waals surface area contributed by atoms with Gasteiger partial charge in [-0.25, -0.2) is 0 Å². The van der Waals surface area contributed by atoms with Crippen molar-refractivity contribution in [1.29, 1.82) is 0 Å². The fraction of sp³-hybridized carbons (Fsp3) is 0.333. The van der Waals surface area contributed by atoms with Crippen LogP contribution in [0.25, 0.3) is 0 Å². The molecule has 0 unspecified atom stereocenters. The van der Waals surface area contributed by atoms with Gasteiger partial charge in [-0.05, 0) is 21.1 Å². The molecule has 4 heteroatoms. The minimum atomic E-state index is 0.505. The molecule has 0 N–H and O–H groups in total. The lowest BCUT2D eigenvalue weighted by Crippen LogP contribution is -1.63. The molecule has 0 aliphatic rings. The van der Waals surface area contributed by atoms with Crippen LogP contribution in [0.3, 0.4) is 0 Å². The van der Waals surface area contributed by atoms with Gasteiger partial charge in [0.25, 0.3) is 0 Å². The first-order valence-corrected chi connectivity index (χ1v) is 2.54. The molecule has 0 saturated carbocycles. The van der Waals surface area contributed by atoms with Gasteiger partial charge in [0.2, 0.25) is 10.6 Å². The van der Waals surface area contributed by atoms with Gasteiger partial charge in [-0.15, -0.1) is 0 Å². The van der Waals surface area contributed by atoms with Gasteiger partial charge in [-0.2, -0.15) is 4.98 Å². The maximum atomic E-state index is 4.56. The third-order valence-corrected chi connectivity index (χ3v) is 0.825. The van der Waals surface area contributed by atoms with Crippen molar-refractivity contribution < 1.29 is 4.52 Å². The highest BCUT2D eigenvalue weighted by Crippen LogP contribution is 2.00. The maximum Gasteiger partial charge on any atom is 0.238 e. The van der Waals surface area contributed by atoms with E-state index in [0.717, 1.165) is 0 Å². The summed E-state index contributed by atoms with van der Waals surface area (Å²) < 4.78 is 5.06. The molecule has 0 saturated heterocycles. The smallest absolute Gasteiger partial charge is 0.238 e. The number of nitrogens with zero attached hydrogens (tertiary/aromatic N) is 2. The van der Waals surface area contributed by atoms with Gasteiger partial charge < -0.3 is 4.52 Å². The predicted octanol–water partition coefficient (Wildman–Crippen LogP) is 1.14. The van der Waals surface area contributed by atoms with E-state index in [4.69, 9.17) is 0 Å². The number of aromatic nitrogens is 2. The number of rotatable bonds is 0. The van der Waals surface area contributed by atoms with Gasteiger partial charge in [-0.1, -0.05) is 0 Å². The molecule has 0 aliphatic carbocycles. The van der Waals surface area contributed by atoms with Gasteiger partial charge in [0.1, 0.15) is 0 Å². The fourth-order valence-corrected chi connectivity index (χ4v) is 0.597. The summed E-state index contributed by atoms with van der Waals surface area (Å²) in [5, 5.41) is 3.45. The second kappa shape index (κ2) is 1.61. The first-order chi connectivity index (χ1) is 3.29. The summed E-state index contributed by atoms with van der Waals surface area (Å²) in [6.07, 6.45) is 0. The summed E-state index contributed by atoms with van der Waals surface area (Å²) >= 11 is 3.02. The van der Waals surface area contributed by atoms with Crippen LogP contribution in [0.4, 0.5) is 0 Å². The standard InChI is InChI=1S/C3H3BrN2O/c1-2-5-3(4)6-7-2/h1H3. The van der Waals surface area contributed by atoms with Crippen LogP contribution in [0.5, 0.6) is 0 Å². The highest BCUT2D eigenvalue weighted by Gasteiger charge is 1.92. The zero-order valence-corrected chi connectivity index (χ0v) is 5.27. The molecule has 0 atom stereocenters. The number of hydrogen-bond acceptors (Lipinski definition) is 3. The fourth-order valence-electron chi connectivity index (χ4n) is 0.274. The minimum Gasteiger partial charge on any atom is -0.339 e. The van der Waals surface area contributed by atoms with Crippen LogP contribution in [0.1, 0.15) is 5.89 Å². The normalized spacial score (nSPS) is 9.43. The Kier molecular flexibility index (Phi) is 1.10. The van der Waals surface area contributed by atoms with E-state index < -0.39 is 0 Å². The Balaban J connectivity index is 3.04. The van der Waals surface area contributed by atoms with Gasteiger partial charge in [0, 0.05) is 6.92 Å². The topological polar surface area (TPSA) is 38.9 Å². The van der Waals surface area contributed by atoms with Crippen molar-refractivity contribution >= 4 is 15.9 Å². The Bertz CT molecular complexity index is 145. The van der Waals surface area contributed by atoms with Crippen LogP contribution >= 0.6 is 15.9 Å². The summed E-state index contributed by atoms with van der Waals surface area (Å²) in [7, 11) is 0. The molecule has 38 valence electrons. The SMILES string of the molecule is Cc1nc(Br)no1. The largest absolute Gasteiger partial charge is 0.339 e. The van der Waals surface area contributed by atoms with Gasteiger partial charge >= 0.3 is 0 Å². The monoisotopic (exact) mass is 162 g/mol. The number of aryl methyl sites for hydroxylation is 1. The second-order valence-electron chi connectivity index (χ2n) is 1.08. The molecule has 0 fully saturated rings. The Morgan fingerprint density at radius 3 is 2.57 bits per heavy atom. The number of halogens is 1. The molecular formula is C3H3BrN2O. The van der Waals surface area contributed by atoms with Gasteiger partial charge in [0.05, 0.1) is 0 Å². The molecule has 3 nitrogen and oxygen atoms in total. The molecule has 0 spiro atoms. The summed E-state index contributed by atoms with van der Waals surface area (Å²) in [6, 6.07) is 0. The van der Waals surface area contributed by atoms with Crippen molar-refractivity contribution in [3.8, 4) is 0 Å². The highest BCUT2D eigenvalue weighted by atomic mass is 79.9. The van der Waals surface area contributed by atoms with Gasteiger partial charge in [-0.3, -0.25) is 0 Å². The van der Waals surface area contributed by atoms with Crippen LogP contribution in [0, 0.1) is 6.92 Å². The molecule has 0 bridgehead atoms. The van der Waals surface area contributed by atoms with E-state index >= 15 is 0 Å². The van der Waals surface area contributed by atoms with E-state index in [-0.39, 0.29) is 0 Å². The average Bonchev–Trinajstić information content (AvgIpc) is 1.87. The summed E-state index contributed by atoms with van der Waals surface area (Å²) in [5.41, 5.74) is 0. The van der Waals surface area contributed by atoms with Crippen LogP contribution in [-0.4, -0.2) is 10.1 Å². The molecule has 0 radical (unpaired) electrons. The first kappa shape index (κ1) is 4.77. The van der Waals surface area contributed by atoms with Crippen LogP contribution in [-0.2, 0) is 0 Å². The lowest BCUT2D eigenvalue weighted by molar-refractivity contribution is 0.390. The molecule has 0 amide bonds. The molecule has 1 aromatic heterocycles. The van der Waals surface area contributed by atoms with E-state index in [1.807, 2.05) is 0 Å². The molecule has 1 aromatic rings. The zero-order chi connectivity index (χ0) is 5.28. The van der Waals surface area contributed by atoms with Crippen molar-refractivity contribution in [2.75, 3.05) is 0 Å². The average molecular weight is 163 g/mol. The van der Waals surface area contributed by atoms with Crippen molar-refractivity contribution in [1.82, 2.24) is 10.1 Å². The lowest BCUT2D eigenvalue weighted by Gasteiger charge is -1.63. The van der Waals surface area contributed by atoms with E-state index in [2.05, 4.69) is 30.6 Å². The van der Waals surface area contributed by atoms with E-state index in [0.29, 0.717) is 10.6 Å². The Morgan fingerprint density at radius 2 is 2.43 bits per heavy atom. The number of hydrogen-bond donors (Lipinski definition) is 0. The van der Waals surface area contributed by atoms with Crippen molar-refractivity contribution in [2.24, 2.45) is 0 Å². The lowest BCUT2D eigenvalue weighted by atomic mass is 10.8. The van der Waals surface area contributed by atoms with Crippen LogP contribution in [0.15, 0.2) is 9.26 Å². The van der Waals surface area contributed by atoms with Gasteiger partial charge in [0.15, 0.2) is 0 Å². The van der Waals surface area contributed by atoms with Crippen molar-refractivity contribution in [2.45, 2.75) is 6.92 Å². The van der Waals surface area contributed by atoms with Crippen LogP contribution in [0.2, 0.25) is 0 Å². The van der Waals surface area contributed by atoms with Crippen molar-refractivity contribution in [3.05, 3.63) is 10.6 Å². The first-order valence-electron chi connectivity index (χ1n) is 1.75. The molecule has 0 aliphatic heterocycles. The van der Waals surface area contributed by atoms with Crippen molar-refractivity contribution in [3.63, 3.8) is 0 Å². The van der Waals surface area contributed by atoms with E-state index in [9.17, 15) is 0 Å². The second-order valence-corrected chi connectivity index (χ2v) is 1.79. The highest BCUT2D eigenvalue weighted by molar-refractivity contribution is 9.10. The minimum absolute atomic E-state index is 0.505. The summed E-state index contributed by atoms with van der Waals surface area (Å²) in [6.45, 7) is 1.73. The molecule has 0 aromatic carbocycles. The molecule has 1 rings (SSSR count). The Hall–Kier alpha value is -0.380. The zero-order valence-electron chi connectivity index (χ0n) is 3.68. The van der Waals surface area contributed by atoms with Crippen LogP contribution < -0.4 is 0 Å². The third-order valence-electron chi connectivity index (χ3n) is 0.503. The summed E-state index contributed by atoms with van der Waals surface area (Å²) in [4.78, 5) is 3.75. The van der Waals surface area contributed by atoms with E-state index in [1.165, 1.54) is 0 Å². The maximum absolute atomic E-state index is 4.56. The predicted molar refractivity (Wildman–Crippen MR) is 26.7 cm³/mol. The Labute approximate surface area is 48.8 Å². The quantitative estimate of drug-likeness (QED) is 0.575. The summed E-state index contributed by atoms with van der Waals surface area (Å²) in [5.74, 6) is 0.576. The molecule has 7 heavy (non-hydrogen) atoms. The Morgan fingerprint density at radius 1 is 1.71 bits per heavy atom.